The Morgan fingerprint density at radius 1 is 1.43 bits per heavy atom. The molecule has 0 aliphatic carbocycles. The molecule has 0 fully saturated rings. The molecule has 1 aromatic rings. The lowest BCUT2D eigenvalue weighted by molar-refractivity contribution is 0.450. The first-order valence-corrected chi connectivity index (χ1v) is 5.22. The molecule has 0 aliphatic heterocycles. The smallest absolute Gasteiger partial charge is 0.0950 e. The molecule has 3 nitrogen and oxygen atoms in total. The van der Waals surface area contributed by atoms with Crippen molar-refractivity contribution in [3.8, 4) is 0 Å². The van der Waals surface area contributed by atoms with Crippen LogP contribution in [-0.4, -0.2) is 0 Å². The maximum atomic E-state index is 5.49. The Labute approximate surface area is 85.6 Å². The summed E-state index contributed by atoms with van der Waals surface area (Å²) >= 11 is 0. The van der Waals surface area contributed by atoms with E-state index in [-0.39, 0.29) is 6.04 Å². The van der Waals surface area contributed by atoms with Gasteiger partial charge in [-0.3, -0.25) is 11.3 Å². The zero-order valence-electron chi connectivity index (χ0n) is 8.99. The monoisotopic (exact) mass is 196 g/mol. The van der Waals surface area contributed by atoms with Gasteiger partial charge in [-0.25, -0.2) is 0 Å². The average molecular weight is 196 g/mol. The highest BCUT2D eigenvalue weighted by Crippen LogP contribution is 2.20. The lowest BCUT2D eigenvalue weighted by atomic mass is 10.0. The summed E-state index contributed by atoms with van der Waals surface area (Å²) in [5.41, 5.74) is 3.95. The van der Waals surface area contributed by atoms with Crippen LogP contribution in [0.1, 0.15) is 44.7 Å². The molecule has 1 heterocycles. The summed E-state index contributed by atoms with van der Waals surface area (Å²) in [4.78, 5) is 0. The van der Waals surface area contributed by atoms with Gasteiger partial charge in [0.2, 0.25) is 0 Å². The molecule has 0 bridgehead atoms. The van der Waals surface area contributed by atoms with E-state index in [1.54, 1.807) is 12.5 Å². The van der Waals surface area contributed by atoms with Gasteiger partial charge in [0.15, 0.2) is 0 Å². The largest absolute Gasteiger partial charge is 0.472 e. The standard InChI is InChI=1S/C11H20N2O/c1-9(2)4-3-5-11(13-12)10-6-7-14-8-10/h6-9,11,13H,3-5,12H2,1-2H3. The average Bonchev–Trinajstić information content (AvgIpc) is 2.64. The number of rotatable bonds is 6. The molecule has 0 aliphatic rings. The normalized spacial score (nSPS) is 13.4. The van der Waals surface area contributed by atoms with E-state index in [2.05, 4.69) is 19.3 Å². The van der Waals surface area contributed by atoms with Crippen molar-refractivity contribution in [1.82, 2.24) is 5.43 Å². The maximum Gasteiger partial charge on any atom is 0.0950 e. The Morgan fingerprint density at radius 2 is 2.21 bits per heavy atom. The minimum atomic E-state index is 0.229. The second-order valence-corrected chi connectivity index (χ2v) is 4.10. The van der Waals surface area contributed by atoms with Crippen LogP contribution < -0.4 is 11.3 Å². The van der Waals surface area contributed by atoms with E-state index < -0.39 is 0 Å². The quantitative estimate of drug-likeness (QED) is 0.543. The SMILES string of the molecule is CC(C)CCCC(NN)c1ccoc1. The van der Waals surface area contributed by atoms with Crippen LogP contribution in [0, 0.1) is 5.92 Å². The van der Waals surface area contributed by atoms with E-state index in [0.717, 1.165) is 17.9 Å². The van der Waals surface area contributed by atoms with Crippen molar-refractivity contribution in [3.63, 3.8) is 0 Å². The molecule has 0 saturated heterocycles. The van der Waals surface area contributed by atoms with Crippen molar-refractivity contribution < 1.29 is 4.42 Å². The third-order valence-corrected chi connectivity index (χ3v) is 2.42. The molecule has 1 aromatic heterocycles. The molecule has 0 radical (unpaired) electrons. The topological polar surface area (TPSA) is 51.2 Å². The van der Waals surface area contributed by atoms with E-state index in [4.69, 9.17) is 10.3 Å². The van der Waals surface area contributed by atoms with Gasteiger partial charge in [-0.1, -0.05) is 26.7 Å². The molecular weight excluding hydrogens is 176 g/mol. The second kappa shape index (κ2) is 5.83. The van der Waals surface area contributed by atoms with Gasteiger partial charge in [-0.15, -0.1) is 0 Å². The number of nitrogens with two attached hydrogens (primary N) is 1. The van der Waals surface area contributed by atoms with Crippen molar-refractivity contribution in [2.45, 2.75) is 39.2 Å². The first kappa shape index (κ1) is 11.3. The zero-order valence-corrected chi connectivity index (χ0v) is 8.99. The summed E-state index contributed by atoms with van der Waals surface area (Å²) in [6.45, 7) is 4.48. The predicted molar refractivity (Wildman–Crippen MR) is 57.5 cm³/mol. The Bertz CT molecular complexity index is 231. The predicted octanol–water partition coefficient (Wildman–Crippen LogP) is 2.61. The Morgan fingerprint density at radius 3 is 2.71 bits per heavy atom. The van der Waals surface area contributed by atoms with Crippen LogP contribution in [0.15, 0.2) is 23.0 Å². The first-order chi connectivity index (χ1) is 6.74. The Hall–Kier alpha value is -0.800. The van der Waals surface area contributed by atoms with Gasteiger partial charge in [0.05, 0.1) is 12.5 Å². The molecular formula is C11H20N2O. The van der Waals surface area contributed by atoms with Gasteiger partial charge in [0, 0.05) is 11.6 Å². The molecule has 0 amide bonds. The number of hydrogen-bond acceptors (Lipinski definition) is 3. The van der Waals surface area contributed by atoms with Crippen molar-refractivity contribution in [1.29, 1.82) is 0 Å². The number of nitrogens with one attached hydrogen (secondary N) is 1. The number of hydrogen-bond donors (Lipinski definition) is 2. The molecule has 3 N–H and O–H groups in total. The molecule has 0 aromatic carbocycles. The van der Waals surface area contributed by atoms with Gasteiger partial charge >= 0.3 is 0 Å². The molecule has 3 heteroatoms. The summed E-state index contributed by atoms with van der Waals surface area (Å²) < 4.78 is 5.03. The van der Waals surface area contributed by atoms with Crippen LogP contribution >= 0.6 is 0 Å². The minimum absolute atomic E-state index is 0.229. The summed E-state index contributed by atoms with van der Waals surface area (Å²) in [5.74, 6) is 6.25. The summed E-state index contributed by atoms with van der Waals surface area (Å²) in [6, 6.07) is 2.19. The van der Waals surface area contributed by atoms with Gasteiger partial charge in [-0.05, 0) is 18.4 Å². The van der Waals surface area contributed by atoms with E-state index >= 15 is 0 Å². The fourth-order valence-corrected chi connectivity index (χ4v) is 1.55. The molecule has 0 spiro atoms. The third kappa shape index (κ3) is 3.52. The number of hydrazine groups is 1. The van der Waals surface area contributed by atoms with Crippen LogP contribution in [0.3, 0.4) is 0 Å². The van der Waals surface area contributed by atoms with Crippen molar-refractivity contribution in [2.75, 3.05) is 0 Å². The summed E-state index contributed by atoms with van der Waals surface area (Å²) in [7, 11) is 0. The van der Waals surface area contributed by atoms with Crippen LogP contribution in [0.2, 0.25) is 0 Å². The third-order valence-electron chi connectivity index (χ3n) is 2.42. The van der Waals surface area contributed by atoms with Crippen molar-refractivity contribution in [3.05, 3.63) is 24.2 Å². The Balaban J connectivity index is 2.33. The maximum absolute atomic E-state index is 5.49. The van der Waals surface area contributed by atoms with Crippen LogP contribution in [0.5, 0.6) is 0 Å². The second-order valence-electron chi connectivity index (χ2n) is 4.10. The van der Waals surface area contributed by atoms with E-state index in [9.17, 15) is 0 Å². The lowest BCUT2D eigenvalue weighted by Gasteiger charge is -2.14. The fraction of sp³-hybridized carbons (Fsp3) is 0.636. The van der Waals surface area contributed by atoms with Gasteiger partial charge in [-0.2, -0.15) is 0 Å². The highest BCUT2D eigenvalue weighted by molar-refractivity contribution is 5.10. The lowest BCUT2D eigenvalue weighted by Crippen LogP contribution is -2.27. The van der Waals surface area contributed by atoms with Gasteiger partial charge in [0.25, 0.3) is 0 Å². The zero-order chi connectivity index (χ0) is 10.4. The van der Waals surface area contributed by atoms with Crippen LogP contribution in [-0.2, 0) is 0 Å². The van der Waals surface area contributed by atoms with E-state index in [1.807, 2.05) is 6.07 Å². The fourth-order valence-electron chi connectivity index (χ4n) is 1.55. The van der Waals surface area contributed by atoms with Crippen molar-refractivity contribution in [2.24, 2.45) is 11.8 Å². The molecule has 80 valence electrons. The number of furan rings is 1. The van der Waals surface area contributed by atoms with Gasteiger partial charge < -0.3 is 4.42 Å². The first-order valence-electron chi connectivity index (χ1n) is 5.22. The molecule has 1 rings (SSSR count). The molecule has 0 saturated carbocycles. The van der Waals surface area contributed by atoms with E-state index in [0.29, 0.717) is 0 Å². The molecule has 1 unspecified atom stereocenters. The Kier molecular flexibility index (Phi) is 4.70. The van der Waals surface area contributed by atoms with E-state index in [1.165, 1.54) is 12.8 Å². The molecule has 14 heavy (non-hydrogen) atoms. The van der Waals surface area contributed by atoms with Crippen LogP contribution in [0.4, 0.5) is 0 Å². The minimum Gasteiger partial charge on any atom is -0.472 e. The molecule has 1 atom stereocenters. The summed E-state index contributed by atoms with van der Waals surface area (Å²) in [6.07, 6.45) is 6.93. The van der Waals surface area contributed by atoms with Crippen molar-refractivity contribution >= 4 is 0 Å². The highest BCUT2D eigenvalue weighted by atomic mass is 16.3. The van der Waals surface area contributed by atoms with Crippen LogP contribution in [0.25, 0.3) is 0 Å². The summed E-state index contributed by atoms with van der Waals surface area (Å²) in [5, 5.41) is 0. The highest BCUT2D eigenvalue weighted by Gasteiger charge is 2.10. The van der Waals surface area contributed by atoms with Gasteiger partial charge in [0.1, 0.15) is 0 Å².